The van der Waals surface area contributed by atoms with Crippen LogP contribution < -0.4 is 5.32 Å². The van der Waals surface area contributed by atoms with Gasteiger partial charge in [-0.05, 0) is 63.8 Å². The summed E-state index contributed by atoms with van der Waals surface area (Å²) in [7, 11) is 0. The number of rotatable bonds is 7. The van der Waals surface area contributed by atoms with Crippen molar-refractivity contribution in [3.05, 3.63) is 34.3 Å². The predicted octanol–water partition coefficient (Wildman–Crippen LogP) is 5.19. The SMILES string of the molecule is CCCCC(CNC(C)(C)C)Cc1cccc(Br)c1. The Labute approximate surface area is 127 Å². The molecule has 0 radical (unpaired) electrons. The van der Waals surface area contributed by atoms with Crippen molar-refractivity contribution in [1.82, 2.24) is 5.32 Å². The fourth-order valence-electron chi connectivity index (χ4n) is 2.22. The zero-order valence-corrected chi connectivity index (χ0v) is 14.4. The van der Waals surface area contributed by atoms with Crippen LogP contribution in [0.4, 0.5) is 0 Å². The molecular weight excluding hydrogens is 298 g/mol. The number of nitrogens with one attached hydrogen (secondary N) is 1. The van der Waals surface area contributed by atoms with Crippen LogP contribution in [0.2, 0.25) is 0 Å². The van der Waals surface area contributed by atoms with Crippen molar-refractivity contribution in [1.29, 1.82) is 0 Å². The van der Waals surface area contributed by atoms with Crippen molar-refractivity contribution in [2.45, 2.75) is 58.9 Å². The summed E-state index contributed by atoms with van der Waals surface area (Å²) < 4.78 is 1.18. The van der Waals surface area contributed by atoms with Gasteiger partial charge in [-0.2, -0.15) is 0 Å². The smallest absolute Gasteiger partial charge is 0.0177 e. The topological polar surface area (TPSA) is 12.0 Å². The first kappa shape index (κ1) is 16.7. The maximum absolute atomic E-state index is 3.65. The minimum atomic E-state index is 0.210. The van der Waals surface area contributed by atoms with Gasteiger partial charge in [0.2, 0.25) is 0 Å². The Morgan fingerprint density at radius 1 is 1.26 bits per heavy atom. The van der Waals surface area contributed by atoms with Gasteiger partial charge < -0.3 is 5.32 Å². The Hall–Kier alpha value is -0.340. The Morgan fingerprint density at radius 3 is 2.58 bits per heavy atom. The lowest BCUT2D eigenvalue weighted by Gasteiger charge is -2.25. The van der Waals surface area contributed by atoms with Crippen molar-refractivity contribution in [2.24, 2.45) is 5.92 Å². The highest BCUT2D eigenvalue weighted by Gasteiger charge is 2.14. The molecule has 1 atom stereocenters. The lowest BCUT2D eigenvalue weighted by molar-refractivity contribution is 0.351. The van der Waals surface area contributed by atoms with Gasteiger partial charge >= 0.3 is 0 Å². The van der Waals surface area contributed by atoms with E-state index in [1.54, 1.807) is 0 Å². The van der Waals surface area contributed by atoms with Gasteiger partial charge in [-0.1, -0.05) is 47.8 Å². The molecule has 1 nitrogen and oxygen atoms in total. The Bertz CT molecular complexity index is 368. The van der Waals surface area contributed by atoms with Crippen molar-refractivity contribution in [3.8, 4) is 0 Å². The van der Waals surface area contributed by atoms with E-state index in [9.17, 15) is 0 Å². The van der Waals surface area contributed by atoms with Gasteiger partial charge in [0, 0.05) is 10.0 Å². The predicted molar refractivity (Wildman–Crippen MR) is 88.6 cm³/mol. The summed E-state index contributed by atoms with van der Waals surface area (Å²) in [6, 6.07) is 8.71. The first-order valence-electron chi connectivity index (χ1n) is 7.40. The van der Waals surface area contributed by atoms with Crippen LogP contribution in [0.25, 0.3) is 0 Å². The second-order valence-corrected chi connectivity index (χ2v) is 7.39. The molecule has 0 fully saturated rings. The van der Waals surface area contributed by atoms with E-state index in [2.05, 4.69) is 73.2 Å². The number of unbranched alkanes of at least 4 members (excludes halogenated alkanes) is 1. The van der Waals surface area contributed by atoms with E-state index in [1.807, 2.05) is 0 Å². The third-order valence-corrected chi connectivity index (χ3v) is 3.79. The molecule has 1 N–H and O–H groups in total. The highest BCUT2D eigenvalue weighted by molar-refractivity contribution is 9.10. The van der Waals surface area contributed by atoms with Crippen molar-refractivity contribution < 1.29 is 0 Å². The van der Waals surface area contributed by atoms with Crippen molar-refractivity contribution in [3.63, 3.8) is 0 Å². The molecule has 0 bridgehead atoms. The van der Waals surface area contributed by atoms with Crippen LogP contribution in [0, 0.1) is 5.92 Å². The summed E-state index contributed by atoms with van der Waals surface area (Å²) in [6.07, 6.45) is 5.09. The van der Waals surface area contributed by atoms with Crippen molar-refractivity contribution in [2.75, 3.05) is 6.54 Å². The van der Waals surface area contributed by atoms with Crippen LogP contribution in [0.5, 0.6) is 0 Å². The Balaban J connectivity index is 2.58. The maximum Gasteiger partial charge on any atom is 0.0177 e. The lowest BCUT2D eigenvalue weighted by atomic mass is 9.93. The van der Waals surface area contributed by atoms with Gasteiger partial charge in [-0.3, -0.25) is 0 Å². The highest BCUT2D eigenvalue weighted by atomic mass is 79.9. The summed E-state index contributed by atoms with van der Waals surface area (Å²) in [6.45, 7) is 10.1. The largest absolute Gasteiger partial charge is 0.312 e. The number of hydrogen-bond donors (Lipinski definition) is 1. The molecule has 0 aliphatic rings. The van der Waals surface area contributed by atoms with Crippen LogP contribution in [0.3, 0.4) is 0 Å². The summed E-state index contributed by atoms with van der Waals surface area (Å²) in [5.41, 5.74) is 1.65. The summed E-state index contributed by atoms with van der Waals surface area (Å²) in [4.78, 5) is 0. The van der Waals surface area contributed by atoms with Gasteiger partial charge in [-0.25, -0.2) is 0 Å². The van der Waals surface area contributed by atoms with E-state index in [0.29, 0.717) is 0 Å². The average Bonchev–Trinajstić information content (AvgIpc) is 2.31. The molecule has 108 valence electrons. The summed E-state index contributed by atoms with van der Waals surface area (Å²) in [5.74, 6) is 0.730. The minimum Gasteiger partial charge on any atom is -0.312 e. The van der Waals surface area contributed by atoms with Crippen molar-refractivity contribution >= 4 is 15.9 Å². The average molecular weight is 326 g/mol. The molecule has 1 unspecified atom stereocenters. The fourth-order valence-corrected chi connectivity index (χ4v) is 2.66. The second kappa shape index (κ2) is 8.06. The summed E-state index contributed by atoms with van der Waals surface area (Å²) in [5, 5.41) is 3.65. The Morgan fingerprint density at radius 2 is 2.00 bits per heavy atom. The molecule has 0 aromatic heterocycles. The lowest BCUT2D eigenvalue weighted by Crippen LogP contribution is -2.39. The van der Waals surface area contributed by atoms with E-state index < -0.39 is 0 Å². The molecule has 19 heavy (non-hydrogen) atoms. The molecule has 0 heterocycles. The van der Waals surface area contributed by atoms with Gasteiger partial charge in [0.1, 0.15) is 0 Å². The van der Waals surface area contributed by atoms with Gasteiger partial charge in [0.15, 0.2) is 0 Å². The third kappa shape index (κ3) is 7.74. The van der Waals surface area contributed by atoms with Crippen LogP contribution in [0.1, 0.15) is 52.5 Å². The maximum atomic E-state index is 3.65. The fraction of sp³-hybridized carbons (Fsp3) is 0.647. The van der Waals surface area contributed by atoms with Gasteiger partial charge in [-0.15, -0.1) is 0 Å². The van der Waals surface area contributed by atoms with Gasteiger partial charge in [0.05, 0.1) is 0 Å². The molecule has 0 aliphatic heterocycles. The molecular formula is C17H28BrN. The third-order valence-electron chi connectivity index (χ3n) is 3.30. The van der Waals surface area contributed by atoms with E-state index in [0.717, 1.165) is 12.5 Å². The molecule has 0 aliphatic carbocycles. The van der Waals surface area contributed by atoms with E-state index in [4.69, 9.17) is 0 Å². The molecule has 2 heteroatoms. The molecule has 1 aromatic rings. The molecule has 0 saturated carbocycles. The van der Waals surface area contributed by atoms with E-state index >= 15 is 0 Å². The molecule has 1 rings (SSSR count). The Kier molecular flexibility index (Phi) is 7.09. The standard InChI is InChI=1S/C17H28BrN/c1-5-6-8-15(13-19-17(2,3)4)11-14-9-7-10-16(18)12-14/h7,9-10,12,15,19H,5-6,8,11,13H2,1-4H3. The van der Waals surface area contributed by atoms with Crippen LogP contribution in [-0.2, 0) is 6.42 Å². The molecule has 1 aromatic carbocycles. The monoisotopic (exact) mass is 325 g/mol. The minimum absolute atomic E-state index is 0.210. The zero-order valence-electron chi connectivity index (χ0n) is 12.8. The molecule has 0 saturated heterocycles. The molecule has 0 amide bonds. The second-order valence-electron chi connectivity index (χ2n) is 6.47. The highest BCUT2D eigenvalue weighted by Crippen LogP contribution is 2.19. The first-order chi connectivity index (χ1) is 8.90. The number of benzene rings is 1. The van der Waals surface area contributed by atoms with E-state index in [1.165, 1.54) is 35.7 Å². The quantitative estimate of drug-likeness (QED) is 0.727. The molecule has 0 spiro atoms. The normalized spacial score (nSPS) is 13.5. The first-order valence-corrected chi connectivity index (χ1v) is 8.19. The zero-order chi connectivity index (χ0) is 14.3. The van der Waals surface area contributed by atoms with Crippen LogP contribution >= 0.6 is 15.9 Å². The number of halogens is 1. The van der Waals surface area contributed by atoms with E-state index in [-0.39, 0.29) is 5.54 Å². The van der Waals surface area contributed by atoms with Crippen LogP contribution in [0.15, 0.2) is 28.7 Å². The number of hydrogen-bond acceptors (Lipinski definition) is 1. The van der Waals surface area contributed by atoms with Gasteiger partial charge in [0.25, 0.3) is 0 Å². The summed E-state index contributed by atoms with van der Waals surface area (Å²) >= 11 is 3.56. The van der Waals surface area contributed by atoms with Crippen LogP contribution in [-0.4, -0.2) is 12.1 Å².